The number of benzene rings is 3. The molecule has 0 aromatic heterocycles. The number of amides is 1. The van der Waals surface area contributed by atoms with E-state index in [0.717, 1.165) is 16.2 Å². The summed E-state index contributed by atoms with van der Waals surface area (Å²) < 4.78 is 0. The van der Waals surface area contributed by atoms with Gasteiger partial charge in [0.15, 0.2) is 0 Å². The lowest BCUT2D eigenvalue weighted by Gasteiger charge is -2.07. The Bertz CT molecular complexity index is 861. The van der Waals surface area contributed by atoms with Crippen molar-refractivity contribution in [3.63, 3.8) is 0 Å². The van der Waals surface area contributed by atoms with Gasteiger partial charge in [0.1, 0.15) is 11.5 Å². The first-order chi connectivity index (χ1) is 12.1. The van der Waals surface area contributed by atoms with Gasteiger partial charge < -0.3 is 15.5 Å². The van der Waals surface area contributed by atoms with Gasteiger partial charge in [-0.25, -0.2) is 0 Å². The first-order valence-corrected chi connectivity index (χ1v) is 8.70. The smallest absolute Gasteiger partial charge is 0.255 e. The van der Waals surface area contributed by atoms with Crippen LogP contribution in [0.15, 0.2) is 77.7 Å². The average molecular weight is 351 g/mol. The summed E-state index contributed by atoms with van der Waals surface area (Å²) in [7, 11) is 0. The van der Waals surface area contributed by atoms with Crippen LogP contribution in [0.4, 0.5) is 5.69 Å². The zero-order valence-electron chi connectivity index (χ0n) is 13.3. The topological polar surface area (TPSA) is 69.6 Å². The molecule has 3 aromatic rings. The highest BCUT2D eigenvalue weighted by Crippen LogP contribution is 2.24. The molecule has 5 heteroatoms. The van der Waals surface area contributed by atoms with Crippen molar-refractivity contribution >= 4 is 23.4 Å². The zero-order valence-corrected chi connectivity index (χ0v) is 14.2. The van der Waals surface area contributed by atoms with Gasteiger partial charge in [0.2, 0.25) is 0 Å². The van der Waals surface area contributed by atoms with Crippen LogP contribution in [-0.2, 0) is 5.75 Å². The third kappa shape index (κ3) is 4.78. The number of phenols is 2. The van der Waals surface area contributed by atoms with Gasteiger partial charge in [-0.15, -0.1) is 11.8 Å². The monoisotopic (exact) mass is 351 g/mol. The summed E-state index contributed by atoms with van der Waals surface area (Å²) in [6.07, 6.45) is 0. The maximum atomic E-state index is 12.2. The Hall–Kier alpha value is -2.92. The lowest BCUT2D eigenvalue weighted by atomic mass is 10.1. The highest BCUT2D eigenvalue weighted by molar-refractivity contribution is 7.98. The van der Waals surface area contributed by atoms with Crippen LogP contribution < -0.4 is 5.32 Å². The van der Waals surface area contributed by atoms with Crippen molar-refractivity contribution in [1.29, 1.82) is 0 Å². The molecule has 0 fully saturated rings. The van der Waals surface area contributed by atoms with E-state index in [4.69, 9.17) is 0 Å². The number of anilines is 1. The largest absolute Gasteiger partial charge is 0.508 e. The molecule has 0 aliphatic carbocycles. The molecule has 0 aliphatic heterocycles. The molecule has 3 rings (SSSR count). The van der Waals surface area contributed by atoms with Gasteiger partial charge in [-0.2, -0.15) is 0 Å². The van der Waals surface area contributed by atoms with Crippen LogP contribution >= 0.6 is 11.8 Å². The molecule has 0 atom stereocenters. The lowest BCUT2D eigenvalue weighted by Crippen LogP contribution is -2.11. The Labute approximate surface area is 150 Å². The number of hydrogen-bond acceptors (Lipinski definition) is 4. The number of hydrogen-bond donors (Lipinski definition) is 3. The predicted molar refractivity (Wildman–Crippen MR) is 100 cm³/mol. The van der Waals surface area contributed by atoms with Crippen LogP contribution in [0, 0.1) is 0 Å². The van der Waals surface area contributed by atoms with Crippen molar-refractivity contribution in [2.24, 2.45) is 0 Å². The van der Waals surface area contributed by atoms with E-state index in [9.17, 15) is 15.0 Å². The van der Waals surface area contributed by atoms with Gasteiger partial charge in [-0.3, -0.25) is 4.79 Å². The summed E-state index contributed by atoms with van der Waals surface area (Å²) >= 11 is 1.66. The number of rotatable bonds is 5. The van der Waals surface area contributed by atoms with E-state index in [2.05, 4.69) is 5.32 Å². The minimum Gasteiger partial charge on any atom is -0.508 e. The molecule has 0 radical (unpaired) electrons. The number of carbonyl (C=O) groups is 1. The molecule has 0 heterocycles. The number of nitrogens with one attached hydrogen (secondary N) is 1. The second-order valence-corrected chi connectivity index (χ2v) is 6.53. The molecule has 0 bridgehead atoms. The molecule has 0 saturated carbocycles. The summed E-state index contributed by atoms with van der Waals surface area (Å²) in [4.78, 5) is 13.3. The van der Waals surface area contributed by atoms with E-state index in [1.165, 1.54) is 6.07 Å². The first-order valence-electron chi connectivity index (χ1n) is 7.71. The predicted octanol–water partition coefficient (Wildman–Crippen LogP) is 4.64. The Balaban J connectivity index is 1.59. The van der Waals surface area contributed by atoms with E-state index >= 15 is 0 Å². The maximum absolute atomic E-state index is 12.2. The Morgan fingerprint density at radius 3 is 2.28 bits per heavy atom. The van der Waals surface area contributed by atoms with Crippen LogP contribution in [0.3, 0.4) is 0 Å². The number of phenolic OH excluding ortho intramolecular Hbond substituents is 2. The molecule has 126 valence electrons. The SMILES string of the molecule is O=C(Nc1cccc(O)c1)c1ccc(CSc2ccc(O)cc2)cc1. The van der Waals surface area contributed by atoms with Crippen LogP contribution in [0.25, 0.3) is 0 Å². The molecular weight excluding hydrogens is 334 g/mol. The van der Waals surface area contributed by atoms with Crippen LogP contribution in [0.5, 0.6) is 11.5 Å². The Morgan fingerprint density at radius 1 is 0.880 bits per heavy atom. The van der Waals surface area contributed by atoms with Crippen LogP contribution in [-0.4, -0.2) is 16.1 Å². The van der Waals surface area contributed by atoms with Crippen LogP contribution in [0.1, 0.15) is 15.9 Å². The Morgan fingerprint density at radius 2 is 1.60 bits per heavy atom. The standard InChI is InChI=1S/C20H17NO3S/c22-17-8-10-19(11-9-17)25-13-14-4-6-15(7-5-14)20(24)21-16-2-1-3-18(23)12-16/h1-12,22-23H,13H2,(H,21,24). The molecule has 1 amide bonds. The number of thioether (sulfide) groups is 1. The Kier molecular flexibility index (Phi) is 5.26. The van der Waals surface area contributed by atoms with E-state index in [1.807, 2.05) is 24.3 Å². The summed E-state index contributed by atoms with van der Waals surface area (Å²) in [5.74, 6) is 0.924. The molecule has 0 unspecified atom stereocenters. The minimum atomic E-state index is -0.219. The fraction of sp³-hybridized carbons (Fsp3) is 0.0500. The van der Waals surface area contributed by atoms with Gasteiger partial charge in [0, 0.05) is 28.0 Å². The van der Waals surface area contributed by atoms with Crippen molar-refractivity contribution in [2.75, 3.05) is 5.32 Å². The summed E-state index contributed by atoms with van der Waals surface area (Å²) in [5.41, 5.74) is 2.21. The van der Waals surface area contributed by atoms with Gasteiger partial charge >= 0.3 is 0 Å². The van der Waals surface area contributed by atoms with E-state index < -0.39 is 0 Å². The molecular formula is C20H17NO3S. The normalized spacial score (nSPS) is 10.4. The van der Waals surface area contributed by atoms with Crippen molar-refractivity contribution in [3.05, 3.63) is 83.9 Å². The van der Waals surface area contributed by atoms with Gasteiger partial charge in [-0.1, -0.05) is 18.2 Å². The molecule has 3 aromatic carbocycles. The van der Waals surface area contributed by atoms with Crippen molar-refractivity contribution in [2.45, 2.75) is 10.6 Å². The molecule has 3 N–H and O–H groups in total. The molecule has 0 saturated heterocycles. The molecule has 25 heavy (non-hydrogen) atoms. The highest BCUT2D eigenvalue weighted by Gasteiger charge is 2.06. The fourth-order valence-electron chi connectivity index (χ4n) is 2.25. The zero-order chi connectivity index (χ0) is 17.6. The van der Waals surface area contributed by atoms with Crippen molar-refractivity contribution in [3.8, 4) is 11.5 Å². The van der Waals surface area contributed by atoms with E-state index in [-0.39, 0.29) is 17.4 Å². The average Bonchev–Trinajstić information content (AvgIpc) is 2.62. The van der Waals surface area contributed by atoms with E-state index in [1.54, 1.807) is 54.2 Å². The summed E-state index contributed by atoms with van der Waals surface area (Å²) in [5, 5.41) is 21.5. The van der Waals surface area contributed by atoms with Crippen molar-refractivity contribution < 1.29 is 15.0 Å². The molecule has 0 spiro atoms. The third-order valence-corrected chi connectivity index (χ3v) is 4.65. The number of carbonyl (C=O) groups excluding carboxylic acids is 1. The van der Waals surface area contributed by atoms with Crippen molar-refractivity contribution in [1.82, 2.24) is 0 Å². The second kappa shape index (κ2) is 7.77. The van der Waals surface area contributed by atoms with Crippen LogP contribution in [0.2, 0.25) is 0 Å². The first kappa shape index (κ1) is 16.9. The van der Waals surface area contributed by atoms with Gasteiger partial charge in [0.25, 0.3) is 5.91 Å². The number of aromatic hydroxyl groups is 2. The minimum absolute atomic E-state index is 0.111. The maximum Gasteiger partial charge on any atom is 0.255 e. The third-order valence-electron chi connectivity index (χ3n) is 3.56. The quantitative estimate of drug-likeness (QED) is 0.586. The van der Waals surface area contributed by atoms with Gasteiger partial charge in [0.05, 0.1) is 0 Å². The second-order valence-electron chi connectivity index (χ2n) is 5.48. The highest BCUT2D eigenvalue weighted by atomic mass is 32.2. The van der Waals surface area contributed by atoms with E-state index in [0.29, 0.717) is 11.3 Å². The fourth-order valence-corrected chi connectivity index (χ4v) is 3.10. The van der Waals surface area contributed by atoms with Gasteiger partial charge in [-0.05, 0) is 54.1 Å². The lowest BCUT2D eigenvalue weighted by molar-refractivity contribution is 0.102. The molecule has 0 aliphatic rings. The summed E-state index contributed by atoms with van der Waals surface area (Å²) in [6, 6.07) is 20.9. The summed E-state index contributed by atoms with van der Waals surface area (Å²) in [6.45, 7) is 0. The molecule has 4 nitrogen and oxygen atoms in total.